The summed E-state index contributed by atoms with van der Waals surface area (Å²) in [5.74, 6) is 2.60. The third-order valence-corrected chi connectivity index (χ3v) is 4.45. The molecular formula is C20H19NO2. The van der Waals surface area contributed by atoms with E-state index in [0.29, 0.717) is 6.61 Å². The van der Waals surface area contributed by atoms with Gasteiger partial charge in [-0.05, 0) is 29.2 Å². The minimum absolute atomic E-state index is 0.0703. The lowest BCUT2D eigenvalue weighted by Crippen LogP contribution is -2.35. The Bertz CT molecular complexity index is 730. The molecule has 1 aliphatic carbocycles. The molecule has 0 aliphatic heterocycles. The van der Waals surface area contributed by atoms with Crippen LogP contribution in [0.1, 0.15) is 24.0 Å². The molecule has 1 atom stereocenters. The fourth-order valence-corrected chi connectivity index (χ4v) is 2.97. The molecule has 0 N–H and O–H groups in total. The summed E-state index contributed by atoms with van der Waals surface area (Å²) in [5, 5.41) is 0. The summed E-state index contributed by atoms with van der Waals surface area (Å²) in [4.78, 5) is 13.6. The topological polar surface area (TPSA) is 29.5 Å². The minimum atomic E-state index is -0.391. The van der Waals surface area contributed by atoms with Crippen molar-refractivity contribution in [2.45, 2.75) is 18.9 Å². The van der Waals surface area contributed by atoms with Crippen LogP contribution in [-0.4, -0.2) is 30.7 Å². The largest absolute Gasteiger partial charge is 0.448 e. The number of fused-ring (bicyclic) bond motifs is 3. The molecule has 0 aromatic heterocycles. The number of hydrogen-bond donors (Lipinski definition) is 0. The predicted molar refractivity (Wildman–Crippen MR) is 91.1 cm³/mol. The highest BCUT2D eigenvalue weighted by molar-refractivity contribution is 5.79. The molecular weight excluding hydrogens is 286 g/mol. The maximum Gasteiger partial charge on any atom is 0.410 e. The number of ether oxygens (including phenoxy) is 1. The van der Waals surface area contributed by atoms with Gasteiger partial charge >= 0.3 is 6.09 Å². The first-order valence-electron chi connectivity index (χ1n) is 7.67. The van der Waals surface area contributed by atoms with Gasteiger partial charge in [0.05, 0.1) is 6.04 Å². The molecule has 0 bridgehead atoms. The lowest BCUT2D eigenvalue weighted by atomic mass is 9.98. The highest BCUT2D eigenvalue weighted by Gasteiger charge is 2.29. The molecule has 1 aliphatic rings. The molecule has 0 saturated carbocycles. The Morgan fingerprint density at radius 3 is 2.22 bits per heavy atom. The Morgan fingerprint density at radius 1 is 1.17 bits per heavy atom. The predicted octanol–water partition coefficient (Wildman–Crippen LogP) is 3.89. The Hall–Kier alpha value is -2.73. The van der Waals surface area contributed by atoms with Crippen LogP contribution in [0.3, 0.4) is 0 Å². The van der Waals surface area contributed by atoms with E-state index in [1.165, 1.54) is 27.2 Å². The van der Waals surface area contributed by atoms with Crippen LogP contribution in [0.25, 0.3) is 11.1 Å². The number of hydrogen-bond acceptors (Lipinski definition) is 2. The molecule has 0 fully saturated rings. The quantitative estimate of drug-likeness (QED) is 0.805. The second-order valence-electron chi connectivity index (χ2n) is 5.76. The summed E-state index contributed by atoms with van der Waals surface area (Å²) in [6.45, 7) is 2.11. The van der Waals surface area contributed by atoms with Gasteiger partial charge in [0.25, 0.3) is 0 Å². The number of nitrogens with zero attached hydrogens (tertiary/aromatic N) is 1. The molecule has 0 saturated heterocycles. The van der Waals surface area contributed by atoms with Crippen molar-refractivity contribution in [2.24, 2.45) is 0 Å². The number of benzene rings is 2. The molecule has 0 radical (unpaired) electrons. The number of carbonyl (C=O) groups is 1. The van der Waals surface area contributed by atoms with Crippen LogP contribution in [0, 0.1) is 12.3 Å². The zero-order valence-electron chi connectivity index (χ0n) is 13.3. The van der Waals surface area contributed by atoms with Crippen molar-refractivity contribution in [2.75, 3.05) is 13.7 Å². The van der Waals surface area contributed by atoms with Gasteiger partial charge in [-0.25, -0.2) is 4.79 Å². The second kappa shape index (κ2) is 6.18. The maximum absolute atomic E-state index is 12.1. The van der Waals surface area contributed by atoms with Gasteiger partial charge < -0.3 is 4.74 Å². The number of terminal acetylenes is 1. The van der Waals surface area contributed by atoms with Gasteiger partial charge in [0, 0.05) is 13.0 Å². The fourth-order valence-electron chi connectivity index (χ4n) is 2.97. The third-order valence-electron chi connectivity index (χ3n) is 4.45. The van der Waals surface area contributed by atoms with Gasteiger partial charge in [0.2, 0.25) is 0 Å². The summed E-state index contributed by atoms with van der Waals surface area (Å²) in [6, 6.07) is 16.2. The molecule has 0 spiro atoms. The van der Waals surface area contributed by atoms with E-state index in [4.69, 9.17) is 11.2 Å². The van der Waals surface area contributed by atoms with E-state index in [9.17, 15) is 4.79 Å². The Balaban J connectivity index is 1.81. The molecule has 23 heavy (non-hydrogen) atoms. The Labute approximate surface area is 136 Å². The van der Waals surface area contributed by atoms with Gasteiger partial charge in [-0.15, -0.1) is 6.42 Å². The Kier molecular flexibility index (Phi) is 4.08. The van der Waals surface area contributed by atoms with Crippen LogP contribution >= 0.6 is 0 Å². The van der Waals surface area contributed by atoms with E-state index >= 15 is 0 Å². The molecule has 1 amide bonds. The van der Waals surface area contributed by atoms with Crippen LogP contribution in [0.2, 0.25) is 0 Å². The zero-order valence-corrected chi connectivity index (χ0v) is 13.3. The van der Waals surface area contributed by atoms with Gasteiger partial charge in [0.15, 0.2) is 0 Å². The first kappa shape index (κ1) is 15.2. The number of carbonyl (C=O) groups excluding carboxylic acids is 1. The van der Waals surface area contributed by atoms with Crippen LogP contribution in [0.5, 0.6) is 0 Å². The van der Waals surface area contributed by atoms with Gasteiger partial charge in [-0.1, -0.05) is 54.5 Å². The van der Waals surface area contributed by atoms with Crippen molar-refractivity contribution in [3.63, 3.8) is 0 Å². The molecule has 2 aromatic rings. The summed E-state index contributed by atoms with van der Waals surface area (Å²) in [5.41, 5.74) is 4.84. The summed E-state index contributed by atoms with van der Waals surface area (Å²) < 4.78 is 5.52. The van der Waals surface area contributed by atoms with E-state index < -0.39 is 6.09 Å². The van der Waals surface area contributed by atoms with Gasteiger partial charge in [-0.3, -0.25) is 4.90 Å². The van der Waals surface area contributed by atoms with Crippen LogP contribution < -0.4 is 0 Å². The number of rotatable bonds is 3. The van der Waals surface area contributed by atoms with E-state index in [2.05, 4.69) is 30.2 Å². The molecule has 3 nitrogen and oxygen atoms in total. The molecule has 3 rings (SSSR count). The van der Waals surface area contributed by atoms with Crippen LogP contribution in [0.4, 0.5) is 4.79 Å². The van der Waals surface area contributed by atoms with Crippen molar-refractivity contribution in [3.05, 3.63) is 59.7 Å². The highest BCUT2D eigenvalue weighted by atomic mass is 16.6. The van der Waals surface area contributed by atoms with Crippen molar-refractivity contribution in [1.82, 2.24) is 4.90 Å². The van der Waals surface area contributed by atoms with Crippen LogP contribution in [-0.2, 0) is 4.74 Å². The monoisotopic (exact) mass is 305 g/mol. The third kappa shape index (κ3) is 2.68. The number of amides is 1. The molecule has 116 valence electrons. The maximum atomic E-state index is 12.1. The summed E-state index contributed by atoms with van der Waals surface area (Å²) in [6.07, 6.45) is 4.96. The van der Waals surface area contributed by atoms with E-state index in [1.807, 2.05) is 24.3 Å². The molecule has 3 heteroatoms. The first-order chi connectivity index (χ1) is 11.1. The average Bonchev–Trinajstić information content (AvgIpc) is 2.92. The zero-order chi connectivity index (χ0) is 16.4. The minimum Gasteiger partial charge on any atom is -0.448 e. The van der Waals surface area contributed by atoms with Gasteiger partial charge in [-0.2, -0.15) is 0 Å². The molecule has 2 aromatic carbocycles. The first-order valence-corrected chi connectivity index (χ1v) is 7.67. The fraction of sp³-hybridized carbons (Fsp3) is 0.250. The van der Waals surface area contributed by atoms with E-state index in [0.717, 1.165) is 0 Å². The molecule has 1 unspecified atom stereocenters. The Morgan fingerprint density at radius 2 is 1.70 bits per heavy atom. The normalized spacial score (nSPS) is 13.6. The van der Waals surface area contributed by atoms with Crippen molar-refractivity contribution in [1.29, 1.82) is 0 Å². The van der Waals surface area contributed by atoms with Crippen LogP contribution in [0.15, 0.2) is 48.5 Å². The van der Waals surface area contributed by atoms with Crippen molar-refractivity contribution in [3.8, 4) is 23.5 Å². The molecule has 0 heterocycles. The lowest BCUT2D eigenvalue weighted by molar-refractivity contribution is 0.104. The van der Waals surface area contributed by atoms with Crippen molar-refractivity contribution >= 4 is 6.09 Å². The van der Waals surface area contributed by atoms with E-state index in [-0.39, 0.29) is 12.0 Å². The van der Waals surface area contributed by atoms with E-state index in [1.54, 1.807) is 14.0 Å². The average molecular weight is 305 g/mol. The second-order valence-corrected chi connectivity index (χ2v) is 5.76. The highest BCUT2D eigenvalue weighted by Crippen LogP contribution is 2.44. The summed E-state index contributed by atoms with van der Waals surface area (Å²) >= 11 is 0. The smallest absolute Gasteiger partial charge is 0.410 e. The summed E-state index contributed by atoms with van der Waals surface area (Å²) in [7, 11) is 1.66. The van der Waals surface area contributed by atoms with Gasteiger partial charge in [0.1, 0.15) is 6.61 Å². The van der Waals surface area contributed by atoms with Crippen molar-refractivity contribution < 1.29 is 9.53 Å². The SMILES string of the molecule is C#CC(C)N(C)C(=O)OCC1c2ccccc2-c2ccccc21. The standard InChI is InChI=1S/C20H19NO2/c1-4-14(2)21(3)20(22)23-13-19-17-11-7-5-9-15(17)16-10-6-8-12-18(16)19/h1,5-12,14,19H,13H2,2-3H3. The lowest BCUT2D eigenvalue weighted by Gasteiger charge is -2.22.